The first-order chi connectivity index (χ1) is 10.4. The van der Waals surface area contributed by atoms with Gasteiger partial charge in [0.1, 0.15) is 4.32 Å². The average Bonchev–Trinajstić information content (AvgIpc) is 2.70. The van der Waals surface area contributed by atoms with Gasteiger partial charge in [-0.3, -0.25) is 14.5 Å². The summed E-state index contributed by atoms with van der Waals surface area (Å²) in [7, 11) is 0. The number of rotatable bonds is 5. The first-order valence-corrected chi connectivity index (χ1v) is 8.29. The topological polar surface area (TPSA) is 57.6 Å². The summed E-state index contributed by atoms with van der Waals surface area (Å²) in [4.78, 5) is 24.7. The van der Waals surface area contributed by atoms with Crippen LogP contribution in [0.25, 0.3) is 6.08 Å². The predicted molar refractivity (Wildman–Crippen MR) is 93.2 cm³/mol. The van der Waals surface area contributed by atoms with E-state index in [0.717, 1.165) is 0 Å². The lowest BCUT2D eigenvalue weighted by atomic mass is 10.2. The molecule has 0 aromatic heterocycles. The molecule has 22 heavy (non-hydrogen) atoms. The Morgan fingerprint density at radius 3 is 2.82 bits per heavy atom. The molecule has 2 rings (SSSR count). The molecule has 1 heterocycles. The number of amides is 1. The van der Waals surface area contributed by atoms with Crippen LogP contribution in [0.4, 0.5) is 0 Å². The van der Waals surface area contributed by atoms with Crippen LogP contribution < -0.4 is 0 Å². The highest BCUT2D eigenvalue weighted by Gasteiger charge is 2.31. The van der Waals surface area contributed by atoms with Crippen LogP contribution in [0.15, 0.2) is 23.1 Å². The number of aliphatic carboxylic acids is 1. The Labute approximate surface area is 147 Å². The zero-order chi connectivity index (χ0) is 16.3. The van der Waals surface area contributed by atoms with E-state index in [1.807, 2.05) is 0 Å². The average molecular weight is 376 g/mol. The summed E-state index contributed by atoms with van der Waals surface area (Å²) in [6.07, 6.45) is 1.99. The number of hydrogen-bond donors (Lipinski definition) is 1. The molecule has 0 bridgehead atoms. The number of nitrogens with zero attached hydrogens (tertiary/aromatic N) is 1. The van der Waals surface area contributed by atoms with Crippen molar-refractivity contribution in [1.29, 1.82) is 0 Å². The second-order valence-corrected chi connectivity index (χ2v) is 7.02. The van der Waals surface area contributed by atoms with Crippen molar-refractivity contribution in [3.05, 3.63) is 38.7 Å². The molecule has 1 aromatic carbocycles. The first-order valence-electron chi connectivity index (χ1n) is 6.30. The van der Waals surface area contributed by atoms with Crippen LogP contribution in [0.5, 0.6) is 0 Å². The third-order valence-electron chi connectivity index (χ3n) is 2.89. The van der Waals surface area contributed by atoms with Crippen molar-refractivity contribution in [2.75, 3.05) is 6.54 Å². The molecule has 1 saturated heterocycles. The number of halogens is 2. The zero-order valence-electron chi connectivity index (χ0n) is 11.2. The normalized spacial score (nSPS) is 16.6. The van der Waals surface area contributed by atoms with Crippen molar-refractivity contribution in [2.24, 2.45) is 0 Å². The van der Waals surface area contributed by atoms with Gasteiger partial charge in [0, 0.05) is 23.0 Å². The number of benzene rings is 1. The summed E-state index contributed by atoms with van der Waals surface area (Å²) in [5.74, 6) is -1.14. The fraction of sp³-hybridized carbons (Fsp3) is 0.214. The number of thiocarbonyl (C=S) groups is 1. The third-order valence-corrected chi connectivity index (χ3v) is 4.85. The molecule has 8 heteroatoms. The Balaban J connectivity index is 2.15. The number of carbonyl (C=O) groups excluding carboxylic acids is 1. The van der Waals surface area contributed by atoms with Gasteiger partial charge in [0.25, 0.3) is 5.91 Å². The lowest BCUT2D eigenvalue weighted by molar-refractivity contribution is -0.137. The fourth-order valence-corrected chi connectivity index (χ4v) is 3.50. The monoisotopic (exact) mass is 375 g/mol. The third kappa shape index (κ3) is 4.23. The van der Waals surface area contributed by atoms with Crippen LogP contribution in [0.1, 0.15) is 18.4 Å². The molecular weight excluding hydrogens is 365 g/mol. The number of carboxylic acids is 1. The summed E-state index contributed by atoms with van der Waals surface area (Å²) in [5.41, 5.74) is 0.639. The molecule has 4 nitrogen and oxygen atoms in total. The molecule has 1 aromatic rings. The molecule has 0 radical (unpaired) electrons. The molecule has 1 aliphatic heterocycles. The van der Waals surface area contributed by atoms with Crippen molar-refractivity contribution in [3.8, 4) is 0 Å². The van der Waals surface area contributed by atoms with Gasteiger partial charge in [0.2, 0.25) is 0 Å². The van der Waals surface area contributed by atoms with Crippen molar-refractivity contribution in [3.63, 3.8) is 0 Å². The second kappa shape index (κ2) is 7.46. The van der Waals surface area contributed by atoms with E-state index in [9.17, 15) is 9.59 Å². The van der Waals surface area contributed by atoms with Gasteiger partial charge in [-0.05, 0) is 36.3 Å². The Bertz CT molecular complexity index is 676. The van der Waals surface area contributed by atoms with Gasteiger partial charge >= 0.3 is 5.97 Å². The summed E-state index contributed by atoms with van der Waals surface area (Å²) in [6, 6.07) is 4.99. The van der Waals surface area contributed by atoms with Crippen molar-refractivity contribution >= 4 is 69.5 Å². The molecule has 0 spiro atoms. The Morgan fingerprint density at radius 2 is 2.14 bits per heavy atom. The molecule has 116 valence electrons. The standard InChI is InChI=1S/C14H11Cl2NO3S2/c15-9-3-4-10(16)8(6-9)7-11-13(20)17(14(21)22-11)5-1-2-12(18)19/h3-4,6-7H,1-2,5H2,(H,18,19). The van der Waals surface area contributed by atoms with Crippen LogP contribution in [-0.4, -0.2) is 32.7 Å². The van der Waals surface area contributed by atoms with E-state index in [4.69, 9.17) is 40.5 Å². The van der Waals surface area contributed by atoms with E-state index in [1.165, 1.54) is 16.7 Å². The minimum atomic E-state index is -0.897. The maximum atomic E-state index is 12.3. The minimum Gasteiger partial charge on any atom is -0.481 e. The van der Waals surface area contributed by atoms with E-state index >= 15 is 0 Å². The number of carbonyl (C=O) groups is 2. The molecule has 1 amide bonds. The van der Waals surface area contributed by atoms with Gasteiger partial charge in [-0.15, -0.1) is 0 Å². The molecule has 0 atom stereocenters. The van der Waals surface area contributed by atoms with E-state index in [-0.39, 0.29) is 18.9 Å². The van der Waals surface area contributed by atoms with Crippen molar-refractivity contribution in [2.45, 2.75) is 12.8 Å². The summed E-state index contributed by atoms with van der Waals surface area (Å²) < 4.78 is 0.416. The predicted octanol–water partition coefficient (Wildman–Crippen LogP) is 4.06. The lowest BCUT2D eigenvalue weighted by Gasteiger charge is -2.13. The summed E-state index contributed by atoms with van der Waals surface area (Å²) >= 11 is 18.3. The molecule has 1 aliphatic rings. The van der Waals surface area contributed by atoms with E-state index in [2.05, 4.69) is 0 Å². The van der Waals surface area contributed by atoms with Gasteiger partial charge in [-0.2, -0.15) is 0 Å². The number of thioether (sulfide) groups is 1. The molecule has 0 aliphatic carbocycles. The van der Waals surface area contributed by atoms with Crippen LogP contribution in [0.3, 0.4) is 0 Å². The van der Waals surface area contributed by atoms with Crippen LogP contribution >= 0.6 is 47.2 Å². The van der Waals surface area contributed by atoms with Crippen molar-refractivity contribution in [1.82, 2.24) is 4.90 Å². The summed E-state index contributed by atoms with van der Waals surface area (Å²) in [6.45, 7) is 0.289. The van der Waals surface area contributed by atoms with E-state index in [0.29, 0.717) is 31.3 Å². The van der Waals surface area contributed by atoms with Gasteiger partial charge in [-0.1, -0.05) is 47.2 Å². The Kier molecular flexibility index (Phi) is 5.86. The first kappa shape index (κ1) is 17.3. The highest BCUT2D eigenvalue weighted by atomic mass is 35.5. The van der Waals surface area contributed by atoms with Crippen LogP contribution in [0.2, 0.25) is 10.0 Å². The van der Waals surface area contributed by atoms with E-state index < -0.39 is 5.97 Å². The van der Waals surface area contributed by atoms with Gasteiger partial charge < -0.3 is 5.11 Å². The SMILES string of the molecule is O=C(O)CCCN1C(=O)C(=Cc2cc(Cl)ccc2Cl)SC1=S. The van der Waals surface area contributed by atoms with Crippen molar-refractivity contribution < 1.29 is 14.7 Å². The molecule has 0 saturated carbocycles. The Morgan fingerprint density at radius 1 is 1.41 bits per heavy atom. The number of hydrogen-bond acceptors (Lipinski definition) is 4. The quantitative estimate of drug-likeness (QED) is 0.621. The van der Waals surface area contributed by atoms with E-state index in [1.54, 1.807) is 24.3 Å². The number of carboxylic acid groups (broad SMARTS) is 1. The smallest absolute Gasteiger partial charge is 0.303 e. The zero-order valence-corrected chi connectivity index (χ0v) is 14.4. The van der Waals surface area contributed by atoms with Gasteiger partial charge in [-0.25, -0.2) is 0 Å². The molecule has 1 N–H and O–H groups in total. The van der Waals surface area contributed by atoms with Gasteiger partial charge in [0.15, 0.2) is 0 Å². The maximum absolute atomic E-state index is 12.3. The lowest BCUT2D eigenvalue weighted by Crippen LogP contribution is -2.29. The fourth-order valence-electron chi connectivity index (χ4n) is 1.85. The van der Waals surface area contributed by atoms with Gasteiger partial charge in [0.05, 0.1) is 4.91 Å². The highest BCUT2D eigenvalue weighted by Crippen LogP contribution is 2.34. The second-order valence-electron chi connectivity index (χ2n) is 4.50. The molecule has 1 fully saturated rings. The minimum absolute atomic E-state index is 0.00374. The highest BCUT2D eigenvalue weighted by molar-refractivity contribution is 8.26. The Hall–Kier alpha value is -1.08. The molecule has 0 unspecified atom stereocenters. The summed E-state index contributed by atoms with van der Waals surface area (Å²) in [5, 5.41) is 9.65. The van der Waals surface area contributed by atoms with Crippen LogP contribution in [0, 0.1) is 0 Å². The maximum Gasteiger partial charge on any atom is 0.303 e. The molecular formula is C14H11Cl2NO3S2. The van der Waals surface area contributed by atoms with Crippen LogP contribution in [-0.2, 0) is 9.59 Å². The largest absolute Gasteiger partial charge is 0.481 e.